The molecule has 0 amide bonds. The van der Waals surface area contributed by atoms with Crippen LogP contribution in [0, 0.1) is 0 Å². The molecule has 0 radical (unpaired) electrons. The summed E-state index contributed by atoms with van der Waals surface area (Å²) in [6.45, 7) is 10.7. The van der Waals surface area contributed by atoms with Crippen molar-refractivity contribution in [3.05, 3.63) is 12.2 Å². The molecule has 0 bridgehead atoms. The van der Waals surface area contributed by atoms with Gasteiger partial charge in [-0.05, 0) is 20.8 Å². The van der Waals surface area contributed by atoms with Crippen molar-refractivity contribution in [1.29, 1.82) is 0 Å². The van der Waals surface area contributed by atoms with Crippen LogP contribution in [0.25, 0.3) is 0 Å². The highest BCUT2D eigenvalue weighted by atomic mass is 16.7. The zero-order valence-corrected chi connectivity index (χ0v) is 7.02. The Balaban J connectivity index is 3.21. The van der Waals surface area contributed by atoms with Crippen molar-refractivity contribution < 1.29 is 9.47 Å². The van der Waals surface area contributed by atoms with Crippen molar-refractivity contribution in [2.75, 3.05) is 13.2 Å². The van der Waals surface area contributed by atoms with E-state index in [1.54, 1.807) is 0 Å². The highest BCUT2D eigenvalue weighted by Crippen LogP contribution is 1.96. The van der Waals surface area contributed by atoms with Crippen molar-refractivity contribution >= 4 is 0 Å². The van der Waals surface area contributed by atoms with Crippen LogP contribution in [-0.2, 0) is 9.47 Å². The van der Waals surface area contributed by atoms with E-state index < -0.39 is 0 Å². The van der Waals surface area contributed by atoms with E-state index in [9.17, 15) is 0 Å². The molecule has 0 spiro atoms. The standard InChI is InChI=1S/C8H16O2/c1-5-9-8(4)10-6-7(2)3/h8H,2,5-6H2,1,3-4H3. The predicted octanol–water partition coefficient (Wildman–Crippen LogP) is 1.96. The summed E-state index contributed by atoms with van der Waals surface area (Å²) >= 11 is 0. The molecular weight excluding hydrogens is 128 g/mol. The lowest BCUT2D eigenvalue weighted by atomic mass is 10.4. The molecule has 0 aliphatic carbocycles. The second kappa shape index (κ2) is 5.45. The van der Waals surface area contributed by atoms with Crippen LogP contribution in [-0.4, -0.2) is 19.5 Å². The van der Waals surface area contributed by atoms with E-state index in [-0.39, 0.29) is 6.29 Å². The van der Waals surface area contributed by atoms with E-state index in [1.165, 1.54) is 0 Å². The third-order valence-electron chi connectivity index (χ3n) is 0.966. The minimum atomic E-state index is -0.110. The quantitative estimate of drug-likeness (QED) is 0.434. The van der Waals surface area contributed by atoms with E-state index in [4.69, 9.17) is 9.47 Å². The third-order valence-corrected chi connectivity index (χ3v) is 0.966. The molecule has 1 unspecified atom stereocenters. The molecule has 0 aliphatic rings. The molecule has 0 aromatic carbocycles. The lowest BCUT2D eigenvalue weighted by Crippen LogP contribution is -2.13. The molecule has 0 saturated heterocycles. The van der Waals surface area contributed by atoms with Crippen molar-refractivity contribution in [1.82, 2.24) is 0 Å². The Labute approximate surface area is 62.8 Å². The van der Waals surface area contributed by atoms with Gasteiger partial charge < -0.3 is 9.47 Å². The summed E-state index contributed by atoms with van der Waals surface area (Å²) in [5.74, 6) is 0. The Hall–Kier alpha value is -0.340. The molecule has 0 saturated carbocycles. The maximum atomic E-state index is 5.22. The molecule has 2 nitrogen and oxygen atoms in total. The summed E-state index contributed by atoms with van der Waals surface area (Å²) in [5.41, 5.74) is 1.02. The van der Waals surface area contributed by atoms with Crippen molar-refractivity contribution in [3.8, 4) is 0 Å². The molecule has 0 N–H and O–H groups in total. The third kappa shape index (κ3) is 5.79. The number of rotatable bonds is 5. The number of ether oxygens (including phenoxy) is 2. The molecule has 60 valence electrons. The molecule has 0 aromatic heterocycles. The van der Waals surface area contributed by atoms with Crippen LogP contribution < -0.4 is 0 Å². The van der Waals surface area contributed by atoms with Gasteiger partial charge in [0.1, 0.15) is 0 Å². The maximum absolute atomic E-state index is 5.22. The topological polar surface area (TPSA) is 18.5 Å². The molecule has 10 heavy (non-hydrogen) atoms. The first-order valence-electron chi connectivity index (χ1n) is 3.54. The van der Waals surface area contributed by atoms with Gasteiger partial charge in [0, 0.05) is 6.61 Å². The van der Waals surface area contributed by atoms with Gasteiger partial charge in [0.15, 0.2) is 6.29 Å². The average Bonchev–Trinajstić information content (AvgIpc) is 1.85. The highest BCUT2D eigenvalue weighted by Gasteiger charge is 1.98. The molecule has 0 aliphatic heterocycles. The first-order valence-corrected chi connectivity index (χ1v) is 3.54. The first kappa shape index (κ1) is 9.66. The Bertz CT molecular complexity index is 99.4. The van der Waals surface area contributed by atoms with Gasteiger partial charge in [-0.2, -0.15) is 0 Å². The van der Waals surface area contributed by atoms with E-state index in [0.717, 1.165) is 5.57 Å². The van der Waals surface area contributed by atoms with Gasteiger partial charge in [0.05, 0.1) is 6.61 Å². The van der Waals surface area contributed by atoms with Crippen molar-refractivity contribution in [2.45, 2.75) is 27.1 Å². The van der Waals surface area contributed by atoms with E-state index in [0.29, 0.717) is 13.2 Å². The normalized spacial score (nSPS) is 13.1. The summed E-state index contributed by atoms with van der Waals surface area (Å²) in [7, 11) is 0. The summed E-state index contributed by atoms with van der Waals surface area (Å²) in [6, 6.07) is 0. The Morgan fingerprint density at radius 3 is 2.50 bits per heavy atom. The monoisotopic (exact) mass is 144 g/mol. The highest BCUT2D eigenvalue weighted by molar-refractivity contribution is 4.87. The van der Waals surface area contributed by atoms with Crippen LogP contribution in [0.4, 0.5) is 0 Å². The second-order valence-electron chi connectivity index (χ2n) is 2.29. The van der Waals surface area contributed by atoms with Crippen LogP contribution in [0.3, 0.4) is 0 Å². The minimum Gasteiger partial charge on any atom is -0.353 e. The largest absolute Gasteiger partial charge is 0.353 e. The lowest BCUT2D eigenvalue weighted by Gasteiger charge is -2.11. The van der Waals surface area contributed by atoms with Gasteiger partial charge in [-0.3, -0.25) is 0 Å². The Morgan fingerprint density at radius 1 is 1.50 bits per heavy atom. The zero-order valence-electron chi connectivity index (χ0n) is 7.02. The first-order chi connectivity index (χ1) is 4.66. The van der Waals surface area contributed by atoms with Crippen LogP contribution in [0.5, 0.6) is 0 Å². The van der Waals surface area contributed by atoms with Gasteiger partial charge in [-0.15, -0.1) is 0 Å². The van der Waals surface area contributed by atoms with Gasteiger partial charge in [-0.1, -0.05) is 12.2 Å². The molecule has 0 aromatic rings. The van der Waals surface area contributed by atoms with Crippen LogP contribution in [0.1, 0.15) is 20.8 Å². The minimum absolute atomic E-state index is 0.110. The smallest absolute Gasteiger partial charge is 0.155 e. The van der Waals surface area contributed by atoms with Gasteiger partial charge in [0.2, 0.25) is 0 Å². The fraction of sp³-hybridized carbons (Fsp3) is 0.750. The van der Waals surface area contributed by atoms with Crippen molar-refractivity contribution in [3.63, 3.8) is 0 Å². The number of hydrogen-bond donors (Lipinski definition) is 0. The van der Waals surface area contributed by atoms with Crippen LogP contribution in [0.15, 0.2) is 12.2 Å². The maximum Gasteiger partial charge on any atom is 0.155 e. The second-order valence-corrected chi connectivity index (χ2v) is 2.29. The Morgan fingerprint density at radius 2 is 2.10 bits per heavy atom. The summed E-state index contributed by atoms with van der Waals surface area (Å²) in [6.07, 6.45) is -0.110. The zero-order chi connectivity index (χ0) is 7.98. The number of hydrogen-bond acceptors (Lipinski definition) is 2. The van der Waals surface area contributed by atoms with Crippen LogP contribution >= 0.6 is 0 Å². The molecule has 2 heteroatoms. The molecule has 1 atom stereocenters. The van der Waals surface area contributed by atoms with Gasteiger partial charge in [-0.25, -0.2) is 0 Å². The van der Waals surface area contributed by atoms with E-state index >= 15 is 0 Å². The summed E-state index contributed by atoms with van der Waals surface area (Å²) < 4.78 is 10.4. The SMILES string of the molecule is C=C(C)COC(C)OCC. The fourth-order valence-electron chi connectivity index (χ4n) is 0.542. The lowest BCUT2D eigenvalue weighted by molar-refractivity contribution is -0.120. The predicted molar refractivity (Wildman–Crippen MR) is 41.9 cm³/mol. The molecule has 0 rings (SSSR count). The molecule has 0 fully saturated rings. The summed E-state index contributed by atoms with van der Waals surface area (Å²) in [5, 5.41) is 0. The van der Waals surface area contributed by atoms with Crippen molar-refractivity contribution in [2.24, 2.45) is 0 Å². The molecule has 0 heterocycles. The Kier molecular flexibility index (Phi) is 5.26. The van der Waals surface area contributed by atoms with E-state index in [1.807, 2.05) is 20.8 Å². The van der Waals surface area contributed by atoms with E-state index in [2.05, 4.69) is 6.58 Å². The van der Waals surface area contributed by atoms with Crippen LogP contribution in [0.2, 0.25) is 0 Å². The van der Waals surface area contributed by atoms with Gasteiger partial charge >= 0.3 is 0 Å². The summed E-state index contributed by atoms with van der Waals surface area (Å²) in [4.78, 5) is 0. The molecular formula is C8H16O2. The average molecular weight is 144 g/mol. The fourth-order valence-corrected chi connectivity index (χ4v) is 0.542. The van der Waals surface area contributed by atoms with Gasteiger partial charge in [0.25, 0.3) is 0 Å².